The van der Waals surface area contributed by atoms with Gasteiger partial charge in [-0.05, 0) is 48.4 Å². The molecular formula is C20H13Cl2F3N4. The van der Waals surface area contributed by atoms with E-state index in [4.69, 9.17) is 23.2 Å². The molecular weight excluding hydrogens is 424 g/mol. The van der Waals surface area contributed by atoms with Crippen molar-refractivity contribution in [2.24, 2.45) is 0 Å². The summed E-state index contributed by atoms with van der Waals surface area (Å²) >= 11 is 11.7. The molecule has 148 valence electrons. The average Bonchev–Trinajstić information content (AvgIpc) is 3.06. The molecule has 0 N–H and O–H groups in total. The topological polar surface area (TPSA) is 54.5 Å². The van der Waals surface area contributed by atoms with Crippen molar-refractivity contribution in [1.82, 2.24) is 14.8 Å². The van der Waals surface area contributed by atoms with E-state index >= 15 is 0 Å². The maximum Gasteiger partial charge on any atom is 0.399 e. The molecule has 0 saturated carbocycles. The lowest BCUT2D eigenvalue weighted by molar-refractivity contribution is -0.139. The zero-order chi connectivity index (χ0) is 21.2. The number of rotatable bonds is 4. The van der Waals surface area contributed by atoms with Crippen LogP contribution in [0.25, 0.3) is 11.8 Å². The molecule has 0 aliphatic carbocycles. The third kappa shape index (κ3) is 4.97. The molecule has 0 radical (unpaired) electrons. The summed E-state index contributed by atoms with van der Waals surface area (Å²) in [7, 11) is 0. The second kappa shape index (κ2) is 8.27. The number of aryl methyl sites for hydroxylation is 1. The Morgan fingerprint density at radius 3 is 2.38 bits per heavy atom. The lowest BCUT2D eigenvalue weighted by Crippen LogP contribution is -2.18. The van der Waals surface area contributed by atoms with Crippen LogP contribution >= 0.6 is 23.2 Å². The first-order valence-corrected chi connectivity index (χ1v) is 9.06. The smallest absolute Gasteiger partial charge is 0.220 e. The number of hydrogen-bond acceptors (Lipinski definition) is 3. The maximum absolute atomic E-state index is 13.6. The van der Waals surface area contributed by atoms with Crippen LogP contribution in [0.2, 0.25) is 10.0 Å². The number of alkyl halides is 3. The van der Waals surface area contributed by atoms with E-state index in [2.05, 4.69) is 10.1 Å². The largest absolute Gasteiger partial charge is 0.399 e. The summed E-state index contributed by atoms with van der Waals surface area (Å²) in [6.45, 7) is 1.71. The molecule has 1 atom stereocenters. The van der Waals surface area contributed by atoms with Crippen molar-refractivity contribution in [3.63, 3.8) is 0 Å². The minimum Gasteiger partial charge on any atom is -0.220 e. The quantitative estimate of drug-likeness (QED) is 0.495. The van der Waals surface area contributed by atoms with Crippen molar-refractivity contribution < 1.29 is 13.2 Å². The van der Waals surface area contributed by atoms with Crippen molar-refractivity contribution in [2.75, 3.05) is 0 Å². The summed E-state index contributed by atoms with van der Waals surface area (Å²) in [5.74, 6) is -1.37. The third-order valence-electron chi connectivity index (χ3n) is 4.07. The summed E-state index contributed by atoms with van der Waals surface area (Å²) in [5, 5.41) is 13.8. The molecule has 3 rings (SSSR count). The van der Waals surface area contributed by atoms with Crippen LogP contribution < -0.4 is 0 Å². The molecule has 29 heavy (non-hydrogen) atoms. The van der Waals surface area contributed by atoms with Gasteiger partial charge < -0.3 is 0 Å². The van der Waals surface area contributed by atoms with Crippen LogP contribution in [0, 0.1) is 18.3 Å². The molecule has 4 nitrogen and oxygen atoms in total. The Labute approximate surface area is 174 Å². The second-order valence-corrected chi connectivity index (χ2v) is 7.08. The van der Waals surface area contributed by atoms with E-state index in [9.17, 15) is 18.4 Å². The van der Waals surface area contributed by atoms with Crippen molar-refractivity contribution in [3.05, 3.63) is 81.4 Å². The molecule has 0 spiro atoms. The first-order valence-electron chi connectivity index (χ1n) is 8.31. The zero-order valence-corrected chi connectivity index (χ0v) is 16.5. The van der Waals surface area contributed by atoms with E-state index in [-0.39, 0.29) is 21.2 Å². The lowest BCUT2D eigenvalue weighted by atomic mass is 9.96. The third-order valence-corrected chi connectivity index (χ3v) is 4.51. The van der Waals surface area contributed by atoms with Gasteiger partial charge >= 0.3 is 6.18 Å². The molecule has 1 unspecified atom stereocenters. The fourth-order valence-electron chi connectivity index (χ4n) is 2.78. The van der Waals surface area contributed by atoms with Gasteiger partial charge in [-0.3, -0.25) is 0 Å². The first kappa shape index (κ1) is 20.9. The van der Waals surface area contributed by atoms with Crippen LogP contribution in [0.5, 0.6) is 0 Å². The Balaban J connectivity index is 1.97. The maximum atomic E-state index is 13.6. The fraction of sp³-hybridized carbons (Fsp3) is 0.150. The predicted octanol–water partition coefficient (Wildman–Crippen LogP) is 6.11. The molecule has 0 aliphatic rings. The number of aromatic nitrogens is 3. The van der Waals surface area contributed by atoms with E-state index in [1.165, 1.54) is 41.4 Å². The molecule has 3 aromatic rings. The van der Waals surface area contributed by atoms with Crippen molar-refractivity contribution in [3.8, 4) is 11.8 Å². The molecule has 1 heterocycles. The summed E-state index contributed by atoms with van der Waals surface area (Å²) < 4.78 is 42.2. The van der Waals surface area contributed by atoms with Gasteiger partial charge in [-0.1, -0.05) is 41.4 Å². The van der Waals surface area contributed by atoms with Gasteiger partial charge in [0.1, 0.15) is 18.2 Å². The monoisotopic (exact) mass is 436 g/mol. The second-order valence-electron chi connectivity index (χ2n) is 6.21. The minimum absolute atomic E-state index is 0.0681. The number of nitrogens with zero attached hydrogens (tertiary/aromatic N) is 4. The van der Waals surface area contributed by atoms with E-state index in [1.54, 1.807) is 19.1 Å². The molecule has 0 saturated heterocycles. The van der Waals surface area contributed by atoms with Gasteiger partial charge in [-0.15, -0.1) is 0 Å². The van der Waals surface area contributed by atoms with Gasteiger partial charge in [0, 0.05) is 10.0 Å². The SMILES string of the molecule is Cc1ncn(-c2ccc(/C=C/C(c3cc(Cl)cc(Cl)c3)C(F)(F)F)cc2C#N)n1. The molecule has 2 aromatic carbocycles. The lowest BCUT2D eigenvalue weighted by Gasteiger charge is -2.18. The highest BCUT2D eigenvalue weighted by molar-refractivity contribution is 6.34. The summed E-state index contributed by atoms with van der Waals surface area (Å²) in [6, 6.07) is 10.5. The van der Waals surface area contributed by atoms with Gasteiger partial charge in [0.15, 0.2) is 0 Å². The average molecular weight is 437 g/mol. The molecule has 0 aliphatic heterocycles. The van der Waals surface area contributed by atoms with Crippen LogP contribution in [0.1, 0.15) is 28.4 Å². The number of nitriles is 1. The van der Waals surface area contributed by atoms with E-state index in [0.29, 0.717) is 17.1 Å². The number of halogens is 5. The van der Waals surface area contributed by atoms with E-state index < -0.39 is 12.1 Å². The van der Waals surface area contributed by atoms with Crippen molar-refractivity contribution in [1.29, 1.82) is 5.26 Å². The fourth-order valence-corrected chi connectivity index (χ4v) is 3.32. The minimum atomic E-state index is -4.54. The number of hydrogen-bond donors (Lipinski definition) is 0. The van der Waals surface area contributed by atoms with Gasteiger partial charge in [-0.25, -0.2) is 9.67 Å². The van der Waals surface area contributed by atoms with Gasteiger partial charge in [0.2, 0.25) is 0 Å². The van der Waals surface area contributed by atoms with Crippen LogP contribution in [0.15, 0.2) is 48.8 Å². The summed E-state index contributed by atoms with van der Waals surface area (Å²) in [4.78, 5) is 4.01. The zero-order valence-electron chi connectivity index (χ0n) is 15.0. The molecule has 1 aromatic heterocycles. The molecule has 9 heteroatoms. The highest BCUT2D eigenvalue weighted by Crippen LogP contribution is 2.38. The number of allylic oxidation sites excluding steroid dienone is 1. The number of benzene rings is 2. The van der Waals surface area contributed by atoms with Crippen molar-refractivity contribution in [2.45, 2.75) is 19.0 Å². The molecule has 0 fully saturated rings. The van der Waals surface area contributed by atoms with E-state index in [1.807, 2.05) is 6.07 Å². The molecule has 0 amide bonds. The predicted molar refractivity (Wildman–Crippen MR) is 105 cm³/mol. The van der Waals surface area contributed by atoms with Gasteiger partial charge in [0.25, 0.3) is 0 Å². The van der Waals surface area contributed by atoms with Gasteiger partial charge in [-0.2, -0.15) is 23.5 Å². The van der Waals surface area contributed by atoms with Crippen LogP contribution in [0.4, 0.5) is 13.2 Å². The highest BCUT2D eigenvalue weighted by atomic mass is 35.5. The Morgan fingerprint density at radius 2 is 1.83 bits per heavy atom. The summed E-state index contributed by atoms with van der Waals surface area (Å²) in [6.07, 6.45) is -0.758. The van der Waals surface area contributed by atoms with E-state index in [0.717, 1.165) is 6.08 Å². The Hall–Kier alpha value is -2.82. The Bertz CT molecular complexity index is 1090. The first-order chi connectivity index (χ1) is 13.7. The molecule has 0 bridgehead atoms. The van der Waals surface area contributed by atoms with Crippen LogP contribution in [0.3, 0.4) is 0 Å². The normalized spacial score (nSPS) is 12.9. The van der Waals surface area contributed by atoms with Crippen LogP contribution in [-0.4, -0.2) is 20.9 Å². The van der Waals surface area contributed by atoms with Gasteiger partial charge in [0.05, 0.1) is 17.2 Å². The summed E-state index contributed by atoms with van der Waals surface area (Å²) in [5.41, 5.74) is 1.11. The highest BCUT2D eigenvalue weighted by Gasteiger charge is 2.39. The van der Waals surface area contributed by atoms with Crippen LogP contribution in [-0.2, 0) is 0 Å². The standard InChI is InChI=1S/C20H13Cl2F3N4/c1-12-27-11-29(28-12)19-5-3-13(6-15(19)10-26)2-4-18(20(23,24)25)14-7-16(21)9-17(22)8-14/h2-9,11,18H,1H3/b4-2+. The Kier molecular flexibility index (Phi) is 5.96. The van der Waals surface area contributed by atoms with Crippen molar-refractivity contribution >= 4 is 29.3 Å². The Morgan fingerprint density at radius 1 is 1.14 bits per heavy atom.